The molecule has 0 bridgehead atoms. The van der Waals surface area contributed by atoms with Gasteiger partial charge in [0, 0.05) is 18.9 Å². The van der Waals surface area contributed by atoms with Crippen molar-refractivity contribution in [2.24, 2.45) is 0 Å². The molecule has 2 aromatic rings. The summed E-state index contributed by atoms with van der Waals surface area (Å²) in [6.45, 7) is 1.91. The van der Waals surface area contributed by atoms with Crippen molar-refractivity contribution in [3.63, 3.8) is 0 Å². The number of nitrogens with zero attached hydrogens (tertiary/aromatic N) is 1. The number of H-pyrrole nitrogens is 1. The molecule has 3 N–H and O–H groups in total. The molecule has 0 aliphatic carbocycles. The number of hydrogen-bond donors (Lipinski definition) is 3. The molecule has 0 saturated heterocycles. The van der Waals surface area contributed by atoms with Gasteiger partial charge in [-0.3, -0.25) is 0 Å². The molecule has 1 aliphatic heterocycles. The molecular weight excluding hydrogens is 294 g/mol. The minimum absolute atomic E-state index is 0.386. The lowest BCUT2D eigenvalue weighted by atomic mass is 10.1. The van der Waals surface area contributed by atoms with Crippen LogP contribution in [0.15, 0.2) is 24.5 Å². The average Bonchev–Trinajstić information content (AvgIpc) is 3.00. The van der Waals surface area contributed by atoms with E-state index in [9.17, 15) is 5.11 Å². The van der Waals surface area contributed by atoms with E-state index in [1.807, 2.05) is 0 Å². The average molecular weight is 310 g/mol. The van der Waals surface area contributed by atoms with Gasteiger partial charge in [0.25, 0.3) is 0 Å². The van der Waals surface area contributed by atoms with Crippen molar-refractivity contribution < 1.29 is 14.6 Å². The predicted octanol–water partition coefficient (Wildman–Crippen LogP) is 1.66. The second-order valence-electron chi connectivity index (χ2n) is 4.71. The maximum atomic E-state index is 10.2. The zero-order valence-electron chi connectivity index (χ0n) is 11.3. The van der Waals surface area contributed by atoms with E-state index >= 15 is 0 Å². The third-order valence-corrected chi connectivity index (χ3v) is 3.47. The Labute approximate surface area is 127 Å². The molecule has 0 spiro atoms. The molecule has 3 rings (SSSR count). The number of rotatable bonds is 5. The number of aliphatic hydroxyl groups excluding tert-OH is 1. The van der Waals surface area contributed by atoms with Crippen LogP contribution in [-0.4, -0.2) is 34.8 Å². The van der Waals surface area contributed by atoms with Crippen LogP contribution in [0.3, 0.4) is 0 Å². The molecule has 0 amide bonds. The van der Waals surface area contributed by atoms with Crippen molar-refractivity contribution in [3.05, 3.63) is 40.9 Å². The van der Waals surface area contributed by atoms with E-state index in [4.69, 9.17) is 21.1 Å². The van der Waals surface area contributed by atoms with Crippen LogP contribution in [0, 0.1) is 0 Å². The lowest BCUT2D eigenvalue weighted by Gasteiger charge is -2.21. The van der Waals surface area contributed by atoms with Crippen molar-refractivity contribution in [2.45, 2.75) is 12.6 Å². The van der Waals surface area contributed by atoms with E-state index in [2.05, 4.69) is 15.3 Å². The summed E-state index contributed by atoms with van der Waals surface area (Å²) in [6.07, 6.45) is 2.76. The highest BCUT2D eigenvalue weighted by Crippen LogP contribution is 2.39. The first-order valence-electron chi connectivity index (χ1n) is 6.70. The molecule has 1 aromatic heterocycles. The Morgan fingerprint density at radius 3 is 3.05 bits per heavy atom. The lowest BCUT2D eigenvalue weighted by Crippen LogP contribution is -2.22. The zero-order chi connectivity index (χ0) is 14.7. The monoisotopic (exact) mass is 309 g/mol. The normalized spacial score (nSPS) is 15.0. The summed E-state index contributed by atoms with van der Waals surface area (Å²) in [5.41, 5.74) is 0.691. The van der Waals surface area contributed by atoms with Crippen molar-refractivity contribution in [1.29, 1.82) is 0 Å². The Balaban J connectivity index is 1.64. The van der Waals surface area contributed by atoms with Gasteiger partial charge in [0.15, 0.2) is 11.5 Å². The lowest BCUT2D eigenvalue weighted by molar-refractivity contribution is 0.163. The number of hydrogen-bond acceptors (Lipinski definition) is 5. The SMILES string of the molecule is OC(CNCc1ncc[nH]1)c1cc(Cl)c2c(c1)OCCO2. The number of halogens is 1. The molecule has 2 heterocycles. The molecule has 1 atom stereocenters. The van der Waals surface area contributed by atoms with E-state index in [1.165, 1.54) is 0 Å². The molecular formula is C14H16ClN3O3. The maximum absolute atomic E-state index is 10.2. The second kappa shape index (κ2) is 6.34. The van der Waals surface area contributed by atoms with Crippen molar-refractivity contribution in [3.8, 4) is 11.5 Å². The summed E-state index contributed by atoms with van der Waals surface area (Å²) in [5, 5.41) is 13.8. The minimum atomic E-state index is -0.687. The van der Waals surface area contributed by atoms with Gasteiger partial charge >= 0.3 is 0 Å². The summed E-state index contributed by atoms with van der Waals surface area (Å²) in [5.74, 6) is 1.94. The number of aromatic amines is 1. The molecule has 6 nitrogen and oxygen atoms in total. The third kappa shape index (κ3) is 3.29. The summed E-state index contributed by atoms with van der Waals surface area (Å²) < 4.78 is 11.0. The molecule has 1 aromatic carbocycles. The van der Waals surface area contributed by atoms with Gasteiger partial charge in [-0.25, -0.2) is 4.98 Å². The van der Waals surface area contributed by atoms with Crippen molar-refractivity contribution in [1.82, 2.24) is 15.3 Å². The number of aliphatic hydroxyl groups is 1. The summed E-state index contributed by atoms with van der Waals surface area (Å²) >= 11 is 6.16. The number of imidazole rings is 1. The van der Waals surface area contributed by atoms with E-state index in [-0.39, 0.29) is 0 Å². The first kappa shape index (κ1) is 14.2. The highest BCUT2D eigenvalue weighted by atomic mass is 35.5. The third-order valence-electron chi connectivity index (χ3n) is 3.19. The first-order valence-corrected chi connectivity index (χ1v) is 7.08. The minimum Gasteiger partial charge on any atom is -0.486 e. The molecule has 0 saturated carbocycles. The van der Waals surface area contributed by atoms with Gasteiger partial charge < -0.3 is 24.9 Å². The fourth-order valence-corrected chi connectivity index (χ4v) is 2.44. The van der Waals surface area contributed by atoms with Gasteiger partial charge in [-0.2, -0.15) is 0 Å². The Morgan fingerprint density at radius 2 is 2.24 bits per heavy atom. The van der Waals surface area contributed by atoms with Crippen LogP contribution in [-0.2, 0) is 6.54 Å². The largest absolute Gasteiger partial charge is 0.486 e. The molecule has 0 radical (unpaired) electrons. The van der Waals surface area contributed by atoms with E-state index in [0.29, 0.717) is 48.4 Å². The molecule has 7 heteroatoms. The topological polar surface area (TPSA) is 79.4 Å². The molecule has 0 fully saturated rings. The van der Waals surface area contributed by atoms with Crippen molar-refractivity contribution in [2.75, 3.05) is 19.8 Å². The Kier molecular flexibility index (Phi) is 4.28. The highest BCUT2D eigenvalue weighted by Gasteiger charge is 2.19. The van der Waals surface area contributed by atoms with Crippen LogP contribution in [0.5, 0.6) is 11.5 Å². The fourth-order valence-electron chi connectivity index (χ4n) is 2.16. The maximum Gasteiger partial charge on any atom is 0.179 e. The molecule has 1 aliphatic rings. The molecule has 1 unspecified atom stereocenters. The standard InChI is InChI=1S/C14H16ClN3O3/c15-10-5-9(6-12-14(10)21-4-3-20-12)11(19)7-16-8-13-17-1-2-18-13/h1-2,5-6,11,16,19H,3-4,7-8H2,(H,17,18). The summed E-state index contributed by atoms with van der Waals surface area (Å²) in [6, 6.07) is 3.47. The number of aromatic nitrogens is 2. The van der Waals surface area contributed by atoms with Gasteiger partial charge in [-0.1, -0.05) is 11.6 Å². The van der Waals surface area contributed by atoms with Crippen LogP contribution in [0.1, 0.15) is 17.5 Å². The number of nitrogens with one attached hydrogen (secondary N) is 2. The predicted molar refractivity (Wildman–Crippen MR) is 77.7 cm³/mol. The summed E-state index contributed by atoms with van der Waals surface area (Å²) in [4.78, 5) is 7.09. The first-order chi connectivity index (χ1) is 10.2. The van der Waals surface area contributed by atoms with Gasteiger partial charge in [-0.15, -0.1) is 0 Å². The van der Waals surface area contributed by atoms with E-state index in [1.54, 1.807) is 24.5 Å². The second-order valence-corrected chi connectivity index (χ2v) is 5.12. The van der Waals surface area contributed by atoms with Gasteiger partial charge in [0.1, 0.15) is 19.0 Å². The van der Waals surface area contributed by atoms with E-state index < -0.39 is 6.10 Å². The van der Waals surface area contributed by atoms with Gasteiger partial charge in [0.05, 0.1) is 17.7 Å². The quantitative estimate of drug-likeness (QED) is 0.783. The van der Waals surface area contributed by atoms with Gasteiger partial charge in [0.2, 0.25) is 0 Å². The van der Waals surface area contributed by atoms with Crippen LogP contribution < -0.4 is 14.8 Å². The van der Waals surface area contributed by atoms with Crippen LogP contribution in [0.25, 0.3) is 0 Å². The Morgan fingerprint density at radius 1 is 1.38 bits per heavy atom. The highest BCUT2D eigenvalue weighted by molar-refractivity contribution is 6.32. The van der Waals surface area contributed by atoms with E-state index in [0.717, 1.165) is 5.82 Å². The number of fused-ring (bicyclic) bond motifs is 1. The molecule has 21 heavy (non-hydrogen) atoms. The zero-order valence-corrected chi connectivity index (χ0v) is 12.1. The molecule has 112 valence electrons. The Hall–Kier alpha value is -1.76. The number of benzene rings is 1. The van der Waals surface area contributed by atoms with Crippen LogP contribution in [0.2, 0.25) is 5.02 Å². The fraction of sp³-hybridized carbons (Fsp3) is 0.357. The Bertz CT molecular complexity index is 604. The van der Waals surface area contributed by atoms with Crippen LogP contribution in [0.4, 0.5) is 0 Å². The summed E-state index contributed by atoms with van der Waals surface area (Å²) in [7, 11) is 0. The number of ether oxygens (including phenoxy) is 2. The van der Waals surface area contributed by atoms with Gasteiger partial charge in [-0.05, 0) is 17.7 Å². The van der Waals surface area contributed by atoms with Crippen molar-refractivity contribution >= 4 is 11.6 Å². The van der Waals surface area contributed by atoms with Crippen LogP contribution >= 0.6 is 11.6 Å². The smallest absolute Gasteiger partial charge is 0.179 e.